The highest BCUT2D eigenvalue weighted by atomic mass is 16.2. The van der Waals surface area contributed by atoms with Crippen LogP contribution in [0.2, 0.25) is 0 Å². The maximum Gasteiger partial charge on any atom is 0.300 e. The molecule has 1 heterocycles. The summed E-state index contributed by atoms with van der Waals surface area (Å²) in [6, 6.07) is 13.5. The van der Waals surface area contributed by atoms with Crippen molar-refractivity contribution in [1.82, 2.24) is 0 Å². The number of benzene rings is 2. The molecule has 5 heteroatoms. The van der Waals surface area contributed by atoms with E-state index in [1.807, 2.05) is 24.3 Å². The van der Waals surface area contributed by atoms with Crippen molar-refractivity contribution in [2.24, 2.45) is 0 Å². The molecular weight excluding hydrogens is 304 g/mol. The predicted octanol–water partition coefficient (Wildman–Crippen LogP) is 2.81. The topological polar surface area (TPSA) is 66.5 Å². The summed E-state index contributed by atoms with van der Waals surface area (Å²) in [6.45, 7) is 3.67. The number of amides is 2. The SMILES string of the molecule is CCc1ccc(NC(=O)C(C)N2C(=O)C(=O)c3ccccc32)cc1. The highest BCUT2D eigenvalue weighted by Crippen LogP contribution is 2.30. The van der Waals surface area contributed by atoms with Crippen molar-refractivity contribution in [3.63, 3.8) is 0 Å². The van der Waals surface area contributed by atoms with Gasteiger partial charge in [-0.05, 0) is 43.2 Å². The normalized spacial score (nSPS) is 14.5. The van der Waals surface area contributed by atoms with E-state index in [0.29, 0.717) is 16.9 Å². The van der Waals surface area contributed by atoms with Gasteiger partial charge in [0.25, 0.3) is 11.7 Å². The van der Waals surface area contributed by atoms with Crippen molar-refractivity contribution >= 4 is 29.0 Å². The smallest absolute Gasteiger partial charge is 0.300 e. The first-order valence-electron chi connectivity index (χ1n) is 7.89. The Bertz CT molecular complexity index is 812. The van der Waals surface area contributed by atoms with Gasteiger partial charge in [-0.2, -0.15) is 0 Å². The van der Waals surface area contributed by atoms with Crippen molar-refractivity contribution in [2.45, 2.75) is 26.3 Å². The van der Waals surface area contributed by atoms with Crippen molar-refractivity contribution in [2.75, 3.05) is 10.2 Å². The van der Waals surface area contributed by atoms with Crippen LogP contribution in [-0.2, 0) is 16.0 Å². The molecule has 0 saturated heterocycles. The molecule has 122 valence electrons. The summed E-state index contributed by atoms with van der Waals surface area (Å²) in [5.74, 6) is -1.57. The van der Waals surface area contributed by atoms with Crippen LogP contribution in [0.4, 0.5) is 11.4 Å². The third-order valence-electron chi connectivity index (χ3n) is 4.22. The second-order valence-corrected chi connectivity index (χ2v) is 5.74. The fraction of sp³-hybridized carbons (Fsp3) is 0.211. The van der Waals surface area contributed by atoms with Gasteiger partial charge in [-0.3, -0.25) is 19.3 Å². The molecule has 2 aromatic rings. The second-order valence-electron chi connectivity index (χ2n) is 5.74. The van der Waals surface area contributed by atoms with Gasteiger partial charge < -0.3 is 5.32 Å². The third-order valence-corrected chi connectivity index (χ3v) is 4.22. The highest BCUT2D eigenvalue weighted by molar-refractivity contribution is 6.52. The molecule has 0 spiro atoms. The van der Waals surface area contributed by atoms with E-state index < -0.39 is 17.7 Å². The van der Waals surface area contributed by atoms with Gasteiger partial charge in [0.1, 0.15) is 6.04 Å². The lowest BCUT2D eigenvalue weighted by Crippen LogP contribution is -2.45. The standard InChI is InChI=1S/C19H18N2O3/c1-3-13-8-10-14(11-9-13)20-18(23)12(2)21-16-7-5-4-6-15(16)17(22)19(21)24/h4-12H,3H2,1-2H3,(H,20,23). The first kappa shape index (κ1) is 15.9. The average molecular weight is 322 g/mol. The molecule has 2 amide bonds. The molecule has 1 N–H and O–H groups in total. The number of hydrogen-bond donors (Lipinski definition) is 1. The van der Waals surface area contributed by atoms with Gasteiger partial charge >= 0.3 is 0 Å². The summed E-state index contributed by atoms with van der Waals surface area (Å²) >= 11 is 0. The van der Waals surface area contributed by atoms with E-state index in [2.05, 4.69) is 12.2 Å². The number of rotatable bonds is 4. The van der Waals surface area contributed by atoms with Gasteiger partial charge in [0.2, 0.25) is 5.91 Å². The molecule has 0 bridgehead atoms. The van der Waals surface area contributed by atoms with Crippen LogP contribution < -0.4 is 10.2 Å². The number of nitrogens with zero attached hydrogens (tertiary/aromatic N) is 1. The minimum absolute atomic E-state index is 0.336. The van der Waals surface area contributed by atoms with E-state index in [1.54, 1.807) is 31.2 Å². The molecule has 2 aromatic carbocycles. The van der Waals surface area contributed by atoms with Gasteiger partial charge in [-0.1, -0.05) is 31.2 Å². The van der Waals surface area contributed by atoms with E-state index in [0.717, 1.165) is 6.42 Å². The number of para-hydroxylation sites is 1. The number of nitrogens with one attached hydrogen (secondary N) is 1. The van der Waals surface area contributed by atoms with Gasteiger partial charge in [0, 0.05) is 5.69 Å². The minimum Gasteiger partial charge on any atom is -0.324 e. The van der Waals surface area contributed by atoms with Crippen LogP contribution in [-0.4, -0.2) is 23.6 Å². The summed E-state index contributed by atoms with van der Waals surface area (Å²) in [6.07, 6.45) is 0.922. The van der Waals surface area contributed by atoms with Gasteiger partial charge in [-0.25, -0.2) is 0 Å². The predicted molar refractivity (Wildman–Crippen MR) is 92.2 cm³/mol. The Labute approximate surface area is 140 Å². The van der Waals surface area contributed by atoms with Gasteiger partial charge in [0.15, 0.2) is 0 Å². The lowest BCUT2D eigenvalue weighted by molar-refractivity contribution is -0.120. The summed E-state index contributed by atoms with van der Waals surface area (Å²) in [4.78, 5) is 38.0. The zero-order valence-electron chi connectivity index (χ0n) is 13.6. The van der Waals surface area contributed by atoms with Crippen molar-refractivity contribution in [1.29, 1.82) is 0 Å². The molecule has 0 aliphatic carbocycles. The summed E-state index contributed by atoms with van der Waals surface area (Å²) in [5, 5.41) is 2.79. The molecule has 1 unspecified atom stereocenters. The highest BCUT2D eigenvalue weighted by Gasteiger charge is 2.40. The van der Waals surface area contributed by atoms with E-state index in [-0.39, 0.29) is 5.91 Å². The average Bonchev–Trinajstić information content (AvgIpc) is 2.86. The molecule has 5 nitrogen and oxygen atoms in total. The fourth-order valence-corrected chi connectivity index (χ4v) is 2.78. The Morgan fingerprint density at radius 1 is 1.08 bits per heavy atom. The molecule has 0 saturated carbocycles. The first-order valence-corrected chi connectivity index (χ1v) is 7.89. The van der Waals surface area contributed by atoms with E-state index >= 15 is 0 Å². The number of fused-ring (bicyclic) bond motifs is 1. The maximum atomic E-state index is 12.5. The summed E-state index contributed by atoms with van der Waals surface area (Å²) in [7, 11) is 0. The Morgan fingerprint density at radius 2 is 1.75 bits per heavy atom. The zero-order chi connectivity index (χ0) is 17.3. The molecule has 0 aromatic heterocycles. The quantitative estimate of drug-likeness (QED) is 0.880. The molecular formula is C19H18N2O3. The van der Waals surface area contributed by atoms with Crippen LogP contribution in [0.25, 0.3) is 0 Å². The molecule has 1 aliphatic rings. The second kappa shape index (κ2) is 6.28. The third kappa shape index (κ3) is 2.69. The zero-order valence-corrected chi connectivity index (χ0v) is 13.6. The van der Waals surface area contributed by atoms with Crippen LogP contribution in [0.3, 0.4) is 0 Å². The number of ketones is 1. The molecule has 24 heavy (non-hydrogen) atoms. The summed E-state index contributed by atoms with van der Waals surface area (Å²) < 4.78 is 0. The van der Waals surface area contributed by atoms with Crippen LogP contribution in [0.15, 0.2) is 48.5 Å². The number of carbonyl (C=O) groups is 3. The number of hydrogen-bond acceptors (Lipinski definition) is 3. The van der Waals surface area contributed by atoms with Crippen LogP contribution in [0.5, 0.6) is 0 Å². The molecule has 0 radical (unpaired) electrons. The Hall–Kier alpha value is -2.95. The molecule has 0 fully saturated rings. The molecule has 1 aliphatic heterocycles. The van der Waals surface area contributed by atoms with E-state index in [9.17, 15) is 14.4 Å². The maximum absolute atomic E-state index is 12.5. The van der Waals surface area contributed by atoms with E-state index in [4.69, 9.17) is 0 Å². The van der Waals surface area contributed by atoms with Crippen LogP contribution in [0.1, 0.15) is 29.8 Å². The molecule has 1 atom stereocenters. The Balaban J connectivity index is 1.80. The van der Waals surface area contributed by atoms with Crippen LogP contribution >= 0.6 is 0 Å². The number of anilines is 2. The van der Waals surface area contributed by atoms with Crippen LogP contribution in [0, 0.1) is 0 Å². The van der Waals surface area contributed by atoms with Crippen molar-refractivity contribution in [3.05, 3.63) is 59.7 Å². The minimum atomic E-state index is -0.782. The Kier molecular flexibility index (Phi) is 4.16. The fourth-order valence-electron chi connectivity index (χ4n) is 2.78. The van der Waals surface area contributed by atoms with Crippen molar-refractivity contribution < 1.29 is 14.4 Å². The van der Waals surface area contributed by atoms with E-state index in [1.165, 1.54) is 10.5 Å². The number of Topliss-reactive ketones (excluding diaryl/α,β-unsaturated/α-hetero) is 1. The first-order chi connectivity index (χ1) is 11.5. The number of aryl methyl sites for hydroxylation is 1. The lowest BCUT2D eigenvalue weighted by atomic mass is 10.1. The lowest BCUT2D eigenvalue weighted by Gasteiger charge is -2.23. The molecule has 3 rings (SSSR count). The van der Waals surface area contributed by atoms with Gasteiger partial charge in [-0.15, -0.1) is 0 Å². The monoisotopic (exact) mass is 322 g/mol. The number of carbonyl (C=O) groups excluding carboxylic acids is 3. The largest absolute Gasteiger partial charge is 0.324 e. The summed E-state index contributed by atoms with van der Waals surface area (Å²) in [5.41, 5.74) is 2.66. The Morgan fingerprint density at radius 3 is 2.42 bits per heavy atom. The van der Waals surface area contributed by atoms with Gasteiger partial charge in [0.05, 0.1) is 11.3 Å². The van der Waals surface area contributed by atoms with Crippen molar-refractivity contribution in [3.8, 4) is 0 Å².